The molecule has 1 aromatic rings. The third kappa shape index (κ3) is 2.65. The van der Waals surface area contributed by atoms with Crippen LogP contribution in [-0.4, -0.2) is 47.2 Å². The molecule has 1 aromatic carbocycles. The molecule has 2 saturated heterocycles. The normalized spacial score (nSPS) is 39.7. The molecule has 0 radical (unpaired) electrons. The molecule has 5 aliphatic rings. The molecule has 0 amide bonds. The van der Waals surface area contributed by atoms with Gasteiger partial charge in [-0.2, -0.15) is 0 Å². The molecule has 150 valence electrons. The van der Waals surface area contributed by atoms with E-state index in [9.17, 15) is 9.90 Å². The Kier molecular flexibility index (Phi) is 4.69. The molecule has 28 heavy (non-hydrogen) atoms. The Hall–Kier alpha value is -1.49. The maximum absolute atomic E-state index is 11.5. The van der Waals surface area contributed by atoms with Crippen molar-refractivity contribution in [3.63, 3.8) is 0 Å². The van der Waals surface area contributed by atoms with Gasteiger partial charge < -0.3 is 10.4 Å². The van der Waals surface area contributed by atoms with Crippen LogP contribution in [-0.2, 0) is 0 Å². The fourth-order valence-electron chi connectivity index (χ4n) is 6.63. The van der Waals surface area contributed by atoms with Crippen LogP contribution < -0.4 is 5.32 Å². The van der Waals surface area contributed by atoms with Crippen molar-refractivity contribution in [3.8, 4) is 0 Å². The van der Waals surface area contributed by atoms with Gasteiger partial charge in [-0.25, -0.2) is 0 Å². The molecule has 0 aromatic heterocycles. The van der Waals surface area contributed by atoms with Crippen molar-refractivity contribution in [2.24, 2.45) is 17.8 Å². The average Bonchev–Trinajstić information content (AvgIpc) is 3.31. The lowest BCUT2D eigenvalue weighted by atomic mass is 9.67. The first-order chi connectivity index (χ1) is 13.7. The monoisotopic (exact) mass is 380 g/mol. The average molecular weight is 381 g/mol. The summed E-state index contributed by atoms with van der Waals surface area (Å²) in [5.74, 6) is 1.76. The molecule has 6 rings (SSSR count). The molecule has 0 spiro atoms. The number of nitrogens with one attached hydrogen (secondary N) is 1. The highest BCUT2D eigenvalue weighted by molar-refractivity contribution is 5.74. The number of hydrogen-bond acceptors (Lipinski definition) is 4. The Morgan fingerprint density at radius 1 is 1.21 bits per heavy atom. The number of carbonyl (C=O) groups is 1. The zero-order valence-corrected chi connectivity index (χ0v) is 16.8. The summed E-state index contributed by atoms with van der Waals surface area (Å²) in [5.41, 5.74) is 1.44. The zero-order chi connectivity index (χ0) is 19.3. The van der Waals surface area contributed by atoms with Gasteiger partial charge in [0.05, 0.1) is 6.04 Å². The molecule has 3 heterocycles. The van der Waals surface area contributed by atoms with E-state index in [2.05, 4.69) is 41.4 Å². The number of rotatable bonds is 7. The summed E-state index contributed by atoms with van der Waals surface area (Å²) in [6, 6.07) is 8.82. The minimum atomic E-state index is -0.651. The predicted molar refractivity (Wildman–Crippen MR) is 110 cm³/mol. The van der Waals surface area contributed by atoms with E-state index in [1.165, 1.54) is 37.7 Å². The minimum Gasteiger partial charge on any atom is -0.373 e. The van der Waals surface area contributed by atoms with E-state index < -0.39 is 5.72 Å². The van der Waals surface area contributed by atoms with Crippen LogP contribution >= 0.6 is 0 Å². The summed E-state index contributed by atoms with van der Waals surface area (Å²) in [4.78, 5) is 13.5. The largest absolute Gasteiger partial charge is 0.373 e. The molecule has 2 N–H and O–H groups in total. The smallest absolute Gasteiger partial charge is 0.150 e. The lowest BCUT2D eigenvalue weighted by Crippen LogP contribution is -2.44. The molecule has 4 bridgehead atoms. The molecule has 1 unspecified atom stereocenters. The quantitative estimate of drug-likeness (QED) is 0.433. The van der Waals surface area contributed by atoms with Gasteiger partial charge in [-0.05, 0) is 30.9 Å². The second-order valence-electron chi connectivity index (χ2n) is 9.21. The summed E-state index contributed by atoms with van der Waals surface area (Å²) in [6.45, 7) is 3.96. The van der Waals surface area contributed by atoms with Crippen LogP contribution in [0.4, 0.5) is 0 Å². The highest BCUT2D eigenvalue weighted by Gasteiger charge is 2.77. The summed E-state index contributed by atoms with van der Waals surface area (Å²) in [6.07, 6.45) is 12.1. The fraction of sp³-hybridized carbons (Fsp3) is 0.625. The van der Waals surface area contributed by atoms with E-state index in [1.54, 1.807) is 0 Å². The summed E-state index contributed by atoms with van der Waals surface area (Å²) >= 11 is 0. The second-order valence-corrected chi connectivity index (χ2v) is 9.21. The van der Waals surface area contributed by atoms with Crippen LogP contribution in [0, 0.1) is 17.8 Å². The molecule has 3 aliphatic heterocycles. The summed E-state index contributed by atoms with van der Waals surface area (Å²) < 4.78 is 0. The SMILES string of the molecule is CCNC[C@H]1[C@H]2C=C[C@@H]3N([C@H]2[C@@H](c2ccc(C=O)cc2)C2CCCCC2)[C@@]31O. The van der Waals surface area contributed by atoms with Crippen molar-refractivity contribution in [1.82, 2.24) is 10.2 Å². The predicted octanol–water partition coefficient (Wildman–Crippen LogP) is 3.33. The van der Waals surface area contributed by atoms with Crippen molar-refractivity contribution < 1.29 is 9.90 Å². The van der Waals surface area contributed by atoms with Crippen LogP contribution in [0.5, 0.6) is 0 Å². The van der Waals surface area contributed by atoms with Crippen LogP contribution in [0.15, 0.2) is 36.4 Å². The summed E-state index contributed by atoms with van der Waals surface area (Å²) in [7, 11) is 0. The molecule has 4 nitrogen and oxygen atoms in total. The lowest BCUT2D eigenvalue weighted by Gasteiger charge is -2.41. The maximum atomic E-state index is 11.5. The molecular weight excluding hydrogens is 348 g/mol. The molecule has 2 aliphatic carbocycles. The van der Waals surface area contributed by atoms with Gasteiger partial charge in [-0.15, -0.1) is 0 Å². The third-order valence-corrected chi connectivity index (χ3v) is 7.92. The van der Waals surface area contributed by atoms with Crippen LogP contribution in [0.2, 0.25) is 0 Å². The first-order valence-corrected chi connectivity index (χ1v) is 11.1. The molecule has 7 atom stereocenters. The van der Waals surface area contributed by atoms with E-state index >= 15 is 0 Å². The third-order valence-electron chi connectivity index (χ3n) is 7.92. The fourth-order valence-corrected chi connectivity index (χ4v) is 6.63. The van der Waals surface area contributed by atoms with E-state index in [-0.39, 0.29) is 12.0 Å². The van der Waals surface area contributed by atoms with Crippen molar-refractivity contribution in [2.45, 2.75) is 62.8 Å². The van der Waals surface area contributed by atoms with E-state index in [4.69, 9.17) is 0 Å². The van der Waals surface area contributed by atoms with E-state index in [0.29, 0.717) is 23.8 Å². The lowest BCUT2D eigenvalue weighted by molar-refractivity contribution is 0.0522. The van der Waals surface area contributed by atoms with Gasteiger partial charge in [0.25, 0.3) is 0 Å². The van der Waals surface area contributed by atoms with Crippen LogP contribution in [0.25, 0.3) is 0 Å². The van der Waals surface area contributed by atoms with E-state index in [1.807, 2.05) is 12.1 Å². The van der Waals surface area contributed by atoms with Crippen LogP contribution in [0.3, 0.4) is 0 Å². The van der Waals surface area contributed by atoms with Crippen molar-refractivity contribution in [3.05, 3.63) is 47.5 Å². The Labute approximate surface area is 168 Å². The van der Waals surface area contributed by atoms with E-state index in [0.717, 1.165) is 24.9 Å². The number of aldehydes is 1. The number of hydrogen-bond donors (Lipinski definition) is 2. The Morgan fingerprint density at radius 3 is 2.64 bits per heavy atom. The molecule has 1 saturated carbocycles. The highest BCUT2D eigenvalue weighted by atomic mass is 16.3. The standard InChI is InChI=1S/C24H32N2O2/c1-2-25-14-20-19-12-13-21-24(20,28)26(21)23(19)22(17-6-4-3-5-7-17)18-10-8-16(15-27)9-11-18/h8-13,15,17,19-23,25,28H,2-7,14H2,1H3/t19-,20+,21+,22-,23-,24+,26?/m1/s1. The van der Waals surface area contributed by atoms with Gasteiger partial charge in [0, 0.05) is 35.9 Å². The number of benzene rings is 1. The number of nitrogens with zero attached hydrogens (tertiary/aromatic N) is 1. The van der Waals surface area contributed by atoms with Crippen molar-refractivity contribution in [1.29, 1.82) is 0 Å². The van der Waals surface area contributed by atoms with Gasteiger partial charge in [-0.3, -0.25) is 9.69 Å². The van der Waals surface area contributed by atoms with Gasteiger partial charge in [0.1, 0.15) is 12.0 Å². The molecule has 4 heteroatoms. The molecule has 3 fully saturated rings. The Morgan fingerprint density at radius 2 is 1.96 bits per heavy atom. The highest BCUT2D eigenvalue weighted by Crippen LogP contribution is 2.65. The van der Waals surface area contributed by atoms with Crippen molar-refractivity contribution in [2.75, 3.05) is 13.1 Å². The first-order valence-electron chi connectivity index (χ1n) is 11.1. The first kappa shape index (κ1) is 18.5. The Bertz CT molecular complexity index is 754. The summed E-state index contributed by atoms with van der Waals surface area (Å²) in [5, 5.41) is 15.0. The number of carbonyl (C=O) groups excluding carboxylic acids is 1. The number of aliphatic hydroxyl groups is 1. The van der Waals surface area contributed by atoms with Crippen LogP contribution in [0.1, 0.15) is 60.9 Å². The Balaban J connectivity index is 1.51. The van der Waals surface area contributed by atoms with Gasteiger partial charge in [0.15, 0.2) is 0 Å². The van der Waals surface area contributed by atoms with Gasteiger partial charge in [0.2, 0.25) is 0 Å². The topological polar surface area (TPSA) is 52.3 Å². The maximum Gasteiger partial charge on any atom is 0.150 e. The number of piperidine rings is 1. The minimum absolute atomic E-state index is 0.187. The van der Waals surface area contributed by atoms with Crippen molar-refractivity contribution >= 4 is 6.29 Å². The second kappa shape index (κ2) is 7.08. The zero-order valence-electron chi connectivity index (χ0n) is 16.8. The molecular formula is C24H32N2O2. The van der Waals surface area contributed by atoms with Gasteiger partial charge >= 0.3 is 0 Å². The van der Waals surface area contributed by atoms with Gasteiger partial charge in [-0.1, -0.05) is 62.6 Å².